The summed E-state index contributed by atoms with van der Waals surface area (Å²) in [5.74, 6) is -0.189. The lowest BCUT2D eigenvalue weighted by Crippen LogP contribution is -2.12. The Morgan fingerprint density at radius 3 is 2.80 bits per heavy atom. The number of ether oxygens (including phenoxy) is 2. The number of carbonyl (C=O) groups is 1. The van der Waals surface area contributed by atoms with Crippen LogP contribution in [0.25, 0.3) is 0 Å². The number of hydrogen-bond donors (Lipinski definition) is 0. The van der Waals surface area contributed by atoms with Crippen molar-refractivity contribution in [2.45, 2.75) is 24.9 Å². The zero-order chi connectivity index (χ0) is 10.9. The molecule has 1 aromatic rings. The maximum absolute atomic E-state index is 11.2. The van der Waals surface area contributed by atoms with Crippen molar-refractivity contribution in [3.05, 3.63) is 21.9 Å². The monoisotopic (exact) mass is 226 g/mol. The first kappa shape index (κ1) is 10.6. The molecule has 0 amide bonds. The average Bonchev–Trinajstić information content (AvgIpc) is 2.92. The van der Waals surface area contributed by atoms with Gasteiger partial charge in [0.05, 0.1) is 19.1 Å². The summed E-state index contributed by atoms with van der Waals surface area (Å²) in [6.07, 6.45) is 2.46. The highest BCUT2D eigenvalue weighted by atomic mass is 32.1. The van der Waals surface area contributed by atoms with Crippen molar-refractivity contribution in [3.63, 3.8) is 0 Å². The van der Waals surface area contributed by atoms with Crippen LogP contribution in [0.15, 0.2) is 11.4 Å². The van der Waals surface area contributed by atoms with Gasteiger partial charge in [-0.1, -0.05) is 0 Å². The smallest absolute Gasteiger partial charge is 0.310 e. The van der Waals surface area contributed by atoms with E-state index in [0.29, 0.717) is 6.42 Å². The highest BCUT2D eigenvalue weighted by Crippen LogP contribution is 2.50. The summed E-state index contributed by atoms with van der Waals surface area (Å²) in [5, 5.41) is 2.01. The molecule has 0 bridgehead atoms. The van der Waals surface area contributed by atoms with Gasteiger partial charge in [0.15, 0.2) is 0 Å². The Kier molecular flexibility index (Phi) is 2.80. The van der Waals surface area contributed by atoms with Gasteiger partial charge >= 0.3 is 5.97 Å². The van der Waals surface area contributed by atoms with E-state index in [1.54, 1.807) is 18.4 Å². The Morgan fingerprint density at radius 1 is 1.53 bits per heavy atom. The molecule has 1 aromatic heterocycles. The van der Waals surface area contributed by atoms with Gasteiger partial charge in [0, 0.05) is 12.0 Å². The maximum Gasteiger partial charge on any atom is 0.310 e. The zero-order valence-electron chi connectivity index (χ0n) is 8.91. The SMILES string of the molecule is COC(=O)Cc1sccc1C1(OC)CC1. The first-order valence-corrected chi connectivity index (χ1v) is 5.78. The van der Waals surface area contributed by atoms with E-state index >= 15 is 0 Å². The molecule has 1 saturated carbocycles. The van der Waals surface area contributed by atoms with Crippen molar-refractivity contribution in [3.8, 4) is 0 Å². The second-order valence-electron chi connectivity index (χ2n) is 3.71. The third kappa shape index (κ3) is 1.92. The second kappa shape index (κ2) is 3.94. The van der Waals surface area contributed by atoms with Crippen LogP contribution in [-0.4, -0.2) is 20.2 Å². The number of rotatable bonds is 4. The zero-order valence-corrected chi connectivity index (χ0v) is 9.73. The fourth-order valence-corrected chi connectivity index (χ4v) is 2.73. The largest absolute Gasteiger partial charge is 0.469 e. The van der Waals surface area contributed by atoms with Gasteiger partial charge in [-0.25, -0.2) is 0 Å². The van der Waals surface area contributed by atoms with Crippen LogP contribution in [0.4, 0.5) is 0 Å². The maximum atomic E-state index is 11.2. The molecule has 82 valence electrons. The summed E-state index contributed by atoms with van der Waals surface area (Å²) in [4.78, 5) is 12.3. The molecule has 0 unspecified atom stereocenters. The molecule has 15 heavy (non-hydrogen) atoms. The molecule has 2 rings (SSSR count). The van der Waals surface area contributed by atoms with Crippen molar-refractivity contribution in [2.24, 2.45) is 0 Å². The van der Waals surface area contributed by atoms with Gasteiger partial charge in [0.1, 0.15) is 0 Å². The van der Waals surface area contributed by atoms with Gasteiger partial charge in [-0.15, -0.1) is 11.3 Å². The Morgan fingerprint density at radius 2 is 2.27 bits per heavy atom. The van der Waals surface area contributed by atoms with E-state index in [9.17, 15) is 4.79 Å². The van der Waals surface area contributed by atoms with E-state index in [1.165, 1.54) is 12.7 Å². The van der Waals surface area contributed by atoms with Crippen molar-refractivity contribution >= 4 is 17.3 Å². The first-order chi connectivity index (χ1) is 7.22. The lowest BCUT2D eigenvalue weighted by atomic mass is 10.1. The fourth-order valence-electron chi connectivity index (χ4n) is 1.78. The molecule has 1 fully saturated rings. The van der Waals surface area contributed by atoms with Gasteiger partial charge in [-0.05, 0) is 29.9 Å². The minimum atomic E-state index is -0.189. The molecule has 1 aliphatic rings. The van der Waals surface area contributed by atoms with E-state index in [2.05, 4.69) is 10.8 Å². The second-order valence-corrected chi connectivity index (χ2v) is 4.71. The van der Waals surface area contributed by atoms with Crippen molar-refractivity contribution in [1.29, 1.82) is 0 Å². The lowest BCUT2D eigenvalue weighted by Gasteiger charge is -2.13. The molecule has 3 nitrogen and oxygen atoms in total. The molecule has 0 radical (unpaired) electrons. The normalized spacial score (nSPS) is 17.5. The van der Waals surface area contributed by atoms with Crippen LogP contribution < -0.4 is 0 Å². The van der Waals surface area contributed by atoms with E-state index in [1.807, 2.05) is 5.38 Å². The summed E-state index contributed by atoms with van der Waals surface area (Å²) in [6.45, 7) is 0. The molecule has 0 spiro atoms. The predicted molar refractivity (Wildman–Crippen MR) is 58.0 cm³/mol. The number of carbonyl (C=O) groups excluding carboxylic acids is 1. The van der Waals surface area contributed by atoms with Gasteiger partial charge in [0.25, 0.3) is 0 Å². The van der Waals surface area contributed by atoms with Crippen LogP contribution in [0.1, 0.15) is 23.3 Å². The number of hydrogen-bond acceptors (Lipinski definition) is 4. The van der Waals surface area contributed by atoms with E-state index < -0.39 is 0 Å². The number of methoxy groups -OCH3 is 2. The molecule has 0 N–H and O–H groups in total. The van der Waals surface area contributed by atoms with Gasteiger partial charge in [-0.2, -0.15) is 0 Å². The highest BCUT2D eigenvalue weighted by Gasteiger charge is 2.46. The fraction of sp³-hybridized carbons (Fsp3) is 0.545. The Labute approximate surface area is 93.0 Å². The number of esters is 1. The van der Waals surface area contributed by atoms with Crippen LogP contribution in [0, 0.1) is 0 Å². The molecule has 0 saturated heterocycles. The Bertz CT molecular complexity index is 366. The lowest BCUT2D eigenvalue weighted by molar-refractivity contribution is -0.139. The Hall–Kier alpha value is -0.870. The highest BCUT2D eigenvalue weighted by molar-refractivity contribution is 7.10. The van der Waals surface area contributed by atoms with E-state index in [-0.39, 0.29) is 11.6 Å². The van der Waals surface area contributed by atoms with Crippen LogP contribution in [0.5, 0.6) is 0 Å². The van der Waals surface area contributed by atoms with Crippen molar-refractivity contribution < 1.29 is 14.3 Å². The van der Waals surface area contributed by atoms with Gasteiger partial charge in [0.2, 0.25) is 0 Å². The summed E-state index contributed by atoms with van der Waals surface area (Å²) < 4.78 is 10.2. The Balaban J connectivity index is 2.19. The molecular formula is C11H14O3S. The minimum Gasteiger partial charge on any atom is -0.469 e. The summed E-state index contributed by atoms with van der Waals surface area (Å²) in [7, 11) is 3.14. The van der Waals surface area contributed by atoms with Crippen LogP contribution in [0.3, 0.4) is 0 Å². The van der Waals surface area contributed by atoms with Gasteiger partial charge < -0.3 is 9.47 Å². The van der Waals surface area contributed by atoms with Crippen LogP contribution in [-0.2, 0) is 26.3 Å². The molecule has 1 heterocycles. The summed E-state index contributed by atoms with van der Waals surface area (Å²) >= 11 is 1.59. The number of thiophene rings is 1. The third-order valence-corrected chi connectivity index (χ3v) is 3.78. The molecular weight excluding hydrogens is 212 g/mol. The standard InChI is InChI=1S/C11H14O3S/c1-13-10(12)7-9-8(3-6-15-9)11(14-2)4-5-11/h3,6H,4-5,7H2,1-2H3. The van der Waals surface area contributed by atoms with E-state index in [4.69, 9.17) is 4.74 Å². The quantitative estimate of drug-likeness (QED) is 0.737. The third-order valence-electron chi connectivity index (χ3n) is 2.86. The summed E-state index contributed by atoms with van der Waals surface area (Å²) in [5.41, 5.74) is 1.06. The molecule has 1 aliphatic carbocycles. The average molecular weight is 226 g/mol. The molecule has 0 atom stereocenters. The molecule has 4 heteroatoms. The van der Waals surface area contributed by atoms with E-state index in [0.717, 1.165) is 17.7 Å². The summed E-state index contributed by atoms with van der Waals surface area (Å²) in [6, 6.07) is 2.06. The van der Waals surface area contributed by atoms with Crippen LogP contribution in [0.2, 0.25) is 0 Å². The first-order valence-electron chi connectivity index (χ1n) is 4.90. The molecule has 0 aliphatic heterocycles. The minimum absolute atomic E-state index is 0.108. The van der Waals surface area contributed by atoms with Gasteiger partial charge in [-0.3, -0.25) is 4.79 Å². The molecule has 0 aromatic carbocycles. The van der Waals surface area contributed by atoms with Crippen LogP contribution >= 0.6 is 11.3 Å². The van der Waals surface area contributed by atoms with Crippen molar-refractivity contribution in [2.75, 3.05) is 14.2 Å². The van der Waals surface area contributed by atoms with Crippen molar-refractivity contribution in [1.82, 2.24) is 0 Å². The topological polar surface area (TPSA) is 35.5 Å². The predicted octanol–water partition coefficient (Wildman–Crippen LogP) is 2.10.